The Bertz CT molecular complexity index is 896. The first kappa shape index (κ1) is 23.5. The number of carbonyl (C=O) groups excluding carboxylic acids is 1. The van der Waals surface area contributed by atoms with Gasteiger partial charge in [-0.1, -0.05) is 12.1 Å². The fourth-order valence-corrected chi connectivity index (χ4v) is 4.36. The minimum atomic E-state index is -0.859. The van der Waals surface area contributed by atoms with E-state index in [4.69, 9.17) is 9.47 Å². The van der Waals surface area contributed by atoms with Crippen LogP contribution in [0.5, 0.6) is 11.5 Å². The van der Waals surface area contributed by atoms with Gasteiger partial charge in [-0.3, -0.25) is 9.69 Å². The van der Waals surface area contributed by atoms with E-state index in [1.165, 1.54) is 17.7 Å². The summed E-state index contributed by atoms with van der Waals surface area (Å²) in [5, 5.41) is 10.8. The Morgan fingerprint density at radius 3 is 2.27 bits per heavy atom. The average molecular weight is 457 g/mol. The average Bonchev–Trinajstić information content (AvgIpc) is 3.24. The molecule has 178 valence electrons. The molecule has 1 amide bonds. The molecule has 2 aliphatic heterocycles. The molecule has 1 N–H and O–H groups in total. The SMILES string of the molecule is O=C1CCCN1CCCOc1ccc(CN2CCC(O)(COc3ccc(F)cc3)CC2)cc1. The first-order valence-electron chi connectivity index (χ1n) is 11.8. The van der Waals surface area contributed by atoms with E-state index in [2.05, 4.69) is 17.0 Å². The summed E-state index contributed by atoms with van der Waals surface area (Å²) >= 11 is 0. The molecular formula is C26H33FN2O4. The topological polar surface area (TPSA) is 62.2 Å². The second-order valence-corrected chi connectivity index (χ2v) is 9.07. The molecule has 2 saturated heterocycles. The zero-order chi connectivity index (χ0) is 23.1. The molecule has 0 atom stereocenters. The molecule has 4 rings (SSSR count). The molecule has 0 radical (unpaired) electrons. The third-order valence-corrected chi connectivity index (χ3v) is 6.45. The fourth-order valence-electron chi connectivity index (χ4n) is 4.36. The molecule has 0 bridgehead atoms. The highest BCUT2D eigenvalue weighted by atomic mass is 19.1. The molecule has 0 aromatic heterocycles. The van der Waals surface area contributed by atoms with Gasteiger partial charge in [0.15, 0.2) is 0 Å². The van der Waals surface area contributed by atoms with Gasteiger partial charge in [0.25, 0.3) is 0 Å². The first-order valence-corrected chi connectivity index (χ1v) is 11.8. The molecule has 6 nitrogen and oxygen atoms in total. The van der Waals surface area contributed by atoms with Crippen molar-refractivity contribution in [1.82, 2.24) is 9.80 Å². The zero-order valence-corrected chi connectivity index (χ0v) is 19.0. The van der Waals surface area contributed by atoms with E-state index >= 15 is 0 Å². The monoisotopic (exact) mass is 456 g/mol. The first-order chi connectivity index (χ1) is 16.0. The van der Waals surface area contributed by atoms with Gasteiger partial charge in [-0.15, -0.1) is 0 Å². The van der Waals surface area contributed by atoms with Crippen molar-refractivity contribution in [2.24, 2.45) is 0 Å². The maximum absolute atomic E-state index is 13.0. The number of amides is 1. The van der Waals surface area contributed by atoms with Gasteiger partial charge in [-0.2, -0.15) is 0 Å². The summed E-state index contributed by atoms with van der Waals surface area (Å²) in [6, 6.07) is 14.0. The lowest BCUT2D eigenvalue weighted by Gasteiger charge is -2.38. The van der Waals surface area contributed by atoms with Crippen LogP contribution >= 0.6 is 0 Å². The van der Waals surface area contributed by atoms with E-state index in [1.807, 2.05) is 17.0 Å². The minimum absolute atomic E-state index is 0.213. The lowest BCUT2D eigenvalue weighted by atomic mass is 9.92. The Morgan fingerprint density at radius 1 is 0.939 bits per heavy atom. The highest BCUT2D eigenvalue weighted by Gasteiger charge is 2.33. The van der Waals surface area contributed by atoms with Crippen molar-refractivity contribution in [1.29, 1.82) is 0 Å². The van der Waals surface area contributed by atoms with Crippen LogP contribution < -0.4 is 9.47 Å². The van der Waals surface area contributed by atoms with Crippen molar-refractivity contribution in [2.75, 3.05) is 39.4 Å². The second-order valence-electron chi connectivity index (χ2n) is 9.07. The Kier molecular flexibility index (Phi) is 7.83. The summed E-state index contributed by atoms with van der Waals surface area (Å²) in [7, 11) is 0. The zero-order valence-electron chi connectivity index (χ0n) is 19.0. The van der Waals surface area contributed by atoms with E-state index in [1.54, 1.807) is 12.1 Å². The molecule has 33 heavy (non-hydrogen) atoms. The maximum Gasteiger partial charge on any atom is 0.222 e. The summed E-state index contributed by atoms with van der Waals surface area (Å²) < 4.78 is 24.5. The second kappa shape index (κ2) is 11.0. The van der Waals surface area contributed by atoms with Crippen LogP contribution in [0.3, 0.4) is 0 Å². The predicted molar refractivity (Wildman–Crippen MR) is 124 cm³/mol. The van der Waals surface area contributed by atoms with Gasteiger partial charge in [-0.05, 0) is 67.6 Å². The predicted octanol–water partition coefficient (Wildman–Crippen LogP) is 3.62. The third kappa shape index (κ3) is 6.92. The van der Waals surface area contributed by atoms with E-state index in [9.17, 15) is 14.3 Å². The number of nitrogens with zero attached hydrogens (tertiary/aromatic N) is 2. The molecule has 2 aromatic carbocycles. The number of likely N-dealkylation sites (tertiary alicyclic amines) is 2. The van der Waals surface area contributed by atoms with E-state index in [0.717, 1.165) is 51.3 Å². The van der Waals surface area contributed by atoms with Gasteiger partial charge in [-0.25, -0.2) is 4.39 Å². The maximum atomic E-state index is 13.0. The number of hydrogen-bond donors (Lipinski definition) is 1. The van der Waals surface area contributed by atoms with Crippen LogP contribution in [-0.4, -0.2) is 65.8 Å². The van der Waals surface area contributed by atoms with Gasteiger partial charge in [0.05, 0.1) is 6.61 Å². The van der Waals surface area contributed by atoms with Crippen LogP contribution in [0.25, 0.3) is 0 Å². The summed E-state index contributed by atoms with van der Waals surface area (Å²) in [5.41, 5.74) is 0.348. The van der Waals surface area contributed by atoms with Crippen molar-refractivity contribution in [3.05, 3.63) is 59.9 Å². The van der Waals surface area contributed by atoms with Crippen molar-refractivity contribution in [3.63, 3.8) is 0 Å². The number of aliphatic hydroxyl groups is 1. The van der Waals surface area contributed by atoms with Gasteiger partial charge in [0.1, 0.15) is 29.5 Å². The molecule has 2 heterocycles. The van der Waals surface area contributed by atoms with Crippen LogP contribution in [-0.2, 0) is 11.3 Å². The molecule has 2 fully saturated rings. The summed E-state index contributed by atoms with van der Waals surface area (Å²) in [4.78, 5) is 15.9. The molecule has 0 unspecified atom stereocenters. The smallest absolute Gasteiger partial charge is 0.222 e. The van der Waals surface area contributed by atoms with Crippen molar-refractivity contribution >= 4 is 5.91 Å². The number of piperidine rings is 1. The van der Waals surface area contributed by atoms with Crippen molar-refractivity contribution < 1.29 is 23.8 Å². The van der Waals surface area contributed by atoms with Crippen LogP contribution in [0.4, 0.5) is 4.39 Å². The molecule has 0 aliphatic carbocycles. The van der Waals surface area contributed by atoms with Crippen LogP contribution in [0.1, 0.15) is 37.7 Å². The molecule has 2 aromatic rings. The molecule has 0 saturated carbocycles. The summed E-state index contributed by atoms with van der Waals surface area (Å²) in [6.45, 7) is 4.87. The van der Waals surface area contributed by atoms with Crippen LogP contribution in [0.2, 0.25) is 0 Å². The van der Waals surface area contributed by atoms with Crippen LogP contribution in [0.15, 0.2) is 48.5 Å². The highest BCUT2D eigenvalue weighted by Crippen LogP contribution is 2.25. The molecule has 0 spiro atoms. The van der Waals surface area contributed by atoms with Crippen molar-refractivity contribution in [3.8, 4) is 11.5 Å². The third-order valence-electron chi connectivity index (χ3n) is 6.45. The van der Waals surface area contributed by atoms with Gasteiger partial charge in [0.2, 0.25) is 5.91 Å². The Morgan fingerprint density at radius 2 is 1.61 bits per heavy atom. The van der Waals surface area contributed by atoms with Gasteiger partial charge < -0.3 is 19.5 Å². The molecule has 2 aliphatic rings. The number of benzene rings is 2. The fraction of sp³-hybridized carbons (Fsp3) is 0.500. The van der Waals surface area contributed by atoms with E-state index in [0.29, 0.717) is 31.6 Å². The Labute approximate surface area is 194 Å². The number of hydrogen-bond acceptors (Lipinski definition) is 5. The largest absolute Gasteiger partial charge is 0.494 e. The van der Waals surface area contributed by atoms with Crippen molar-refractivity contribution in [2.45, 2.75) is 44.2 Å². The quantitative estimate of drug-likeness (QED) is 0.554. The number of rotatable bonds is 10. The molecular weight excluding hydrogens is 423 g/mol. The lowest BCUT2D eigenvalue weighted by Crippen LogP contribution is -2.47. The van der Waals surface area contributed by atoms with Gasteiger partial charge in [0, 0.05) is 39.1 Å². The van der Waals surface area contributed by atoms with E-state index < -0.39 is 5.60 Å². The Hall–Kier alpha value is -2.64. The van der Waals surface area contributed by atoms with Crippen LogP contribution in [0, 0.1) is 5.82 Å². The lowest BCUT2D eigenvalue weighted by molar-refractivity contribution is -0.127. The van der Waals surface area contributed by atoms with E-state index in [-0.39, 0.29) is 18.3 Å². The Balaban J connectivity index is 1.15. The summed E-state index contributed by atoms with van der Waals surface area (Å²) in [6.07, 6.45) is 3.77. The number of ether oxygens (including phenoxy) is 2. The molecule has 7 heteroatoms. The normalized spacial score (nSPS) is 18.5. The minimum Gasteiger partial charge on any atom is -0.494 e. The highest BCUT2D eigenvalue weighted by molar-refractivity contribution is 5.77. The standard InChI is InChI=1S/C26H33FN2O4/c27-22-6-10-24(11-7-22)33-20-26(31)12-16-28(17-13-26)19-21-4-8-23(9-5-21)32-18-2-15-29-14-1-3-25(29)30/h4-11,31H,1-3,12-20H2. The van der Waals surface area contributed by atoms with Gasteiger partial charge >= 0.3 is 0 Å². The summed E-state index contributed by atoms with van der Waals surface area (Å²) in [5.74, 6) is 1.37. The number of carbonyl (C=O) groups is 1. The number of halogens is 1.